The van der Waals surface area contributed by atoms with E-state index in [1.54, 1.807) is 11.8 Å². The van der Waals surface area contributed by atoms with Gasteiger partial charge in [0.05, 0.1) is 0 Å². The lowest BCUT2D eigenvalue weighted by atomic mass is 10.0. The first-order valence-electron chi connectivity index (χ1n) is 12.1. The Morgan fingerprint density at radius 3 is 2.03 bits per heavy atom. The molecule has 1 saturated heterocycles. The maximum Gasteiger partial charge on any atom is 0.408 e. The van der Waals surface area contributed by atoms with Gasteiger partial charge >= 0.3 is 6.09 Å². The van der Waals surface area contributed by atoms with Gasteiger partial charge in [0.25, 0.3) is 0 Å². The normalized spacial score (nSPS) is 14.1. The van der Waals surface area contributed by atoms with Crippen molar-refractivity contribution >= 4 is 23.5 Å². The van der Waals surface area contributed by atoms with E-state index in [1.165, 1.54) is 0 Å². The van der Waals surface area contributed by atoms with Crippen LogP contribution in [0.4, 0.5) is 10.5 Å². The molecule has 0 unspecified atom stereocenters. The maximum atomic E-state index is 13.5. The Labute approximate surface area is 211 Å². The molecule has 4 rings (SSSR count). The molecule has 3 aromatic rings. The third-order valence-corrected chi connectivity index (χ3v) is 6.20. The van der Waals surface area contributed by atoms with Crippen molar-refractivity contribution in [3.8, 4) is 0 Å². The number of hydrogen-bond donors (Lipinski definition) is 1. The summed E-state index contributed by atoms with van der Waals surface area (Å²) in [5, 5.41) is 2.77. The smallest absolute Gasteiger partial charge is 0.408 e. The van der Waals surface area contributed by atoms with Crippen molar-refractivity contribution < 1.29 is 19.1 Å². The highest BCUT2D eigenvalue weighted by atomic mass is 16.5. The Morgan fingerprint density at radius 1 is 0.806 bits per heavy atom. The highest BCUT2D eigenvalue weighted by Gasteiger charge is 2.30. The summed E-state index contributed by atoms with van der Waals surface area (Å²) in [4.78, 5) is 41.4. The standard InChI is InChI=1S/C29H31N3O4/c1-22(33)20-23-12-14-26(15-13-23)31-16-18-32(19-17-31)28(34)27(25-10-6-3-7-11-25)30-29(35)36-21-24-8-4-2-5-9-24/h2-15,27H,16-21H2,1H3,(H,30,35)/t27-/m1/s1. The molecule has 7 heteroatoms. The van der Waals surface area contributed by atoms with Gasteiger partial charge in [-0.25, -0.2) is 4.79 Å². The summed E-state index contributed by atoms with van der Waals surface area (Å²) >= 11 is 0. The van der Waals surface area contributed by atoms with E-state index in [4.69, 9.17) is 4.74 Å². The number of ether oxygens (including phenoxy) is 1. The van der Waals surface area contributed by atoms with Crippen molar-refractivity contribution in [1.29, 1.82) is 0 Å². The second-order valence-corrected chi connectivity index (χ2v) is 8.91. The molecule has 1 fully saturated rings. The minimum atomic E-state index is -0.827. The number of alkyl carbamates (subject to hydrolysis) is 1. The van der Waals surface area contributed by atoms with E-state index in [0.717, 1.165) is 16.8 Å². The number of carbonyl (C=O) groups excluding carboxylic acids is 3. The number of benzene rings is 3. The summed E-state index contributed by atoms with van der Waals surface area (Å²) in [6.07, 6.45) is -0.199. The average molecular weight is 486 g/mol. The molecule has 186 valence electrons. The van der Waals surface area contributed by atoms with Crippen LogP contribution in [0, 0.1) is 0 Å². The van der Waals surface area contributed by atoms with Crippen LogP contribution in [-0.4, -0.2) is 48.9 Å². The molecule has 7 nitrogen and oxygen atoms in total. The minimum Gasteiger partial charge on any atom is -0.445 e. The lowest BCUT2D eigenvalue weighted by molar-refractivity contribution is -0.133. The molecule has 3 aromatic carbocycles. The Balaban J connectivity index is 1.37. The van der Waals surface area contributed by atoms with Crippen LogP contribution in [0.5, 0.6) is 0 Å². The van der Waals surface area contributed by atoms with Crippen molar-refractivity contribution in [2.45, 2.75) is 26.0 Å². The van der Waals surface area contributed by atoms with Crippen LogP contribution >= 0.6 is 0 Å². The fourth-order valence-electron chi connectivity index (χ4n) is 4.30. The van der Waals surface area contributed by atoms with Gasteiger partial charge in [0, 0.05) is 38.3 Å². The number of Topliss-reactive ketones (excluding diaryl/α,β-unsaturated/α-hetero) is 1. The first-order chi connectivity index (χ1) is 17.5. The molecule has 1 aliphatic heterocycles. The third-order valence-electron chi connectivity index (χ3n) is 6.20. The summed E-state index contributed by atoms with van der Waals surface area (Å²) < 4.78 is 5.38. The van der Waals surface area contributed by atoms with Crippen LogP contribution in [-0.2, 0) is 27.4 Å². The van der Waals surface area contributed by atoms with Gasteiger partial charge in [-0.1, -0.05) is 72.8 Å². The number of piperazine rings is 1. The highest BCUT2D eigenvalue weighted by molar-refractivity contribution is 5.87. The van der Waals surface area contributed by atoms with Crippen molar-refractivity contribution in [3.63, 3.8) is 0 Å². The second-order valence-electron chi connectivity index (χ2n) is 8.91. The first kappa shape index (κ1) is 25.0. The Bertz CT molecular complexity index is 1160. The van der Waals surface area contributed by atoms with Gasteiger partial charge in [0.15, 0.2) is 0 Å². The van der Waals surface area contributed by atoms with E-state index in [0.29, 0.717) is 38.2 Å². The summed E-state index contributed by atoms with van der Waals surface area (Å²) in [5.74, 6) is -0.0188. The van der Waals surface area contributed by atoms with E-state index in [2.05, 4.69) is 10.2 Å². The van der Waals surface area contributed by atoms with Crippen molar-refractivity contribution in [2.24, 2.45) is 0 Å². The lowest BCUT2D eigenvalue weighted by Gasteiger charge is -2.37. The number of hydrogen-bond acceptors (Lipinski definition) is 5. The summed E-state index contributed by atoms with van der Waals surface area (Å²) in [6.45, 7) is 4.16. The molecule has 0 saturated carbocycles. The van der Waals surface area contributed by atoms with E-state index in [9.17, 15) is 14.4 Å². The van der Waals surface area contributed by atoms with Gasteiger partial charge in [-0.3, -0.25) is 9.59 Å². The van der Waals surface area contributed by atoms with Crippen LogP contribution in [0.1, 0.15) is 29.7 Å². The molecule has 0 bridgehead atoms. The first-order valence-corrected chi connectivity index (χ1v) is 12.1. The number of rotatable bonds is 8. The molecule has 1 N–H and O–H groups in total. The van der Waals surface area contributed by atoms with Gasteiger partial charge in [-0.05, 0) is 35.7 Å². The van der Waals surface area contributed by atoms with E-state index < -0.39 is 12.1 Å². The van der Waals surface area contributed by atoms with Gasteiger partial charge in [-0.2, -0.15) is 0 Å². The Kier molecular flexibility index (Phi) is 8.34. The van der Waals surface area contributed by atoms with Crippen LogP contribution in [0.2, 0.25) is 0 Å². The minimum absolute atomic E-state index is 0.131. The number of nitrogens with zero attached hydrogens (tertiary/aromatic N) is 2. The zero-order valence-electron chi connectivity index (χ0n) is 20.4. The predicted molar refractivity (Wildman–Crippen MR) is 139 cm³/mol. The number of carbonyl (C=O) groups is 3. The molecule has 0 aromatic heterocycles. The maximum absolute atomic E-state index is 13.5. The van der Waals surface area contributed by atoms with Gasteiger partial charge in [-0.15, -0.1) is 0 Å². The zero-order valence-corrected chi connectivity index (χ0v) is 20.4. The zero-order chi connectivity index (χ0) is 25.3. The van der Waals surface area contributed by atoms with Crippen LogP contribution in [0.25, 0.3) is 0 Å². The summed E-state index contributed by atoms with van der Waals surface area (Å²) in [6, 6.07) is 25.8. The van der Waals surface area contributed by atoms with Gasteiger partial charge in [0.1, 0.15) is 18.4 Å². The number of amides is 2. The van der Waals surface area contributed by atoms with Crippen molar-refractivity contribution in [3.05, 3.63) is 102 Å². The summed E-state index contributed by atoms with van der Waals surface area (Å²) in [5.41, 5.74) is 3.65. The third kappa shape index (κ3) is 6.72. The highest BCUT2D eigenvalue weighted by Crippen LogP contribution is 2.21. The Morgan fingerprint density at radius 2 is 1.42 bits per heavy atom. The lowest BCUT2D eigenvalue weighted by Crippen LogP contribution is -2.52. The van der Waals surface area contributed by atoms with E-state index in [-0.39, 0.29) is 18.3 Å². The average Bonchev–Trinajstić information content (AvgIpc) is 2.91. The predicted octanol–water partition coefficient (Wildman–Crippen LogP) is 4.13. The number of ketones is 1. The van der Waals surface area contributed by atoms with Gasteiger partial charge in [0.2, 0.25) is 5.91 Å². The SMILES string of the molecule is CC(=O)Cc1ccc(N2CCN(C(=O)[C@H](NC(=O)OCc3ccccc3)c3ccccc3)CC2)cc1. The van der Waals surface area contributed by atoms with Crippen LogP contribution in [0.3, 0.4) is 0 Å². The van der Waals surface area contributed by atoms with Crippen LogP contribution in [0.15, 0.2) is 84.9 Å². The molecule has 0 radical (unpaired) electrons. The summed E-state index contributed by atoms with van der Waals surface area (Å²) in [7, 11) is 0. The Hall–Kier alpha value is -4.13. The van der Waals surface area contributed by atoms with Crippen molar-refractivity contribution in [1.82, 2.24) is 10.2 Å². The van der Waals surface area contributed by atoms with Crippen LogP contribution < -0.4 is 10.2 Å². The quantitative estimate of drug-likeness (QED) is 0.519. The number of nitrogens with one attached hydrogen (secondary N) is 1. The number of anilines is 1. The molecule has 36 heavy (non-hydrogen) atoms. The molecule has 2 amide bonds. The molecule has 1 aliphatic rings. The largest absolute Gasteiger partial charge is 0.445 e. The molecular weight excluding hydrogens is 454 g/mol. The van der Waals surface area contributed by atoms with Crippen molar-refractivity contribution in [2.75, 3.05) is 31.1 Å². The molecule has 1 atom stereocenters. The topological polar surface area (TPSA) is 79.0 Å². The van der Waals surface area contributed by atoms with E-state index in [1.807, 2.05) is 84.9 Å². The van der Waals surface area contributed by atoms with Gasteiger partial charge < -0.3 is 19.9 Å². The molecule has 1 heterocycles. The molecular formula is C29H31N3O4. The fraction of sp³-hybridized carbons (Fsp3) is 0.276. The van der Waals surface area contributed by atoms with E-state index >= 15 is 0 Å². The second kappa shape index (κ2) is 12.0. The monoisotopic (exact) mass is 485 g/mol. The fourth-order valence-corrected chi connectivity index (χ4v) is 4.30. The molecule has 0 spiro atoms. The molecule has 0 aliphatic carbocycles.